The van der Waals surface area contributed by atoms with Gasteiger partial charge in [0.1, 0.15) is 5.75 Å². The van der Waals surface area contributed by atoms with Crippen molar-refractivity contribution in [1.82, 2.24) is 0 Å². The van der Waals surface area contributed by atoms with Crippen LogP contribution in [-0.4, -0.2) is 5.11 Å². The van der Waals surface area contributed by atoms with Gasteiger partial charge in [-0.2, -0.15) is 0 Å². The highest BCUT2D eigenvalue weighted by Crippen LogP contribution is 2.28. The van der Waals surface area contributed by atoms with E-state index in [1.165, 1.54) is 5.56 Å². The number of rotatable bonds is 4. The molecule has 0 bridgehead atoms. The average molecular weight is 239 g/mol. The van der Waals surface area contributed by atoms with Gasteiger partial charge in [0.25, 0.3) is 0 Å². The molecule has 0 atom stereocenters. The van der Waals surface area contributed by atoms with Gasteiger partial charge in [0.05, 0.1) is 5.69 Å². The number of benzene rings is 2. The Morgan fingerprint density at radius 3 is 2.33 bits per heavy atom. The van der Waals surface area contributed by atoms with Gasteiger partial charge in [-0.25, -0.2) is 0 Å². The summed E-state index contributed by atoms with van der Waals surface area (Å²) in [7, 11) is 0. The number of nitrogens with zero attached hydrogens (tertiary/aromatic N) is 1. The van der Waals surface area contributed by atoms with Crippen LogP contribution in [0.3, 0.4) is 0 Å². The van der Waals surface area contributed by atoms with Crippen molar-refractivity contribution in [2.45, 2.75) is 13.5 Å². The molecule has 0 amide bonds. The molecule has 2 rings (SSSR count). The molecule has 0 aliphatic carbocycles. The Hall–Kier alpha value is -2.22. The van der Waals surface area contributed by atoms with E-state index < -0.39 is 0 Å². The summed E-state index contributed by atoms with van der Waals surface area (Å²) in [6.45, 7) is 2.71. The third-order valence-corrected chi connectivity index (χ3v) is 2.72. The van der Waals surface area contributed by atoms with E-state index in [1.807, 2.05) is 60.5 Å². The van der Waals surface area contributed by atoms with Gasteiger partial charge in [0, 0.05) is 12.7 Å². The summed E-state index contributed by atoms with van der Waals surface area (Å²) < 4.78 is 0. The lowest BCUT2D eigenvalue weighted by Crippen LogP contribution is -2.15. The largest absolute Gasteiger partial charge is 0.506 e. The van der Waals surface area contributed by atoms with Crippen molar-refractivity contribution in [2.24, 2.45) is 0 Å². The highest BCUT2D eigenvalue weighted by atomic mass is 16.3. The predicted molar refractivity (Wildman–Crippen MR) is 75.5 cm³/mol. The van der Waals surface area contributed by atoms with Crippen LogP contribution in [-0.2, 0) is 6.54 Å². The van der Waals surface area contributed by atoms with Crippen LogP contribution >= 0.6 is 0 Å². The van der Waals surface area contributed by atoms with E-state index >= 15 is 0 Å². The minimum Gasteiger partial charge on any atom is -0.506 e. The van der Waals surface area contributed by atoms with Crippen molar-refractivity contribution in [2.75, 3.05) is 4.90 Å². The molecule has 2 aromatic carbocycles. The predicted octanol–water partition coefficient (Wildman–Crippen LogP) is 3.93. The standard InChI is InChI=1S/C16H17NO/c1-2-12-17(13-14-8-4-3-5-9-14)15-10-6-7-11-16(15)18/h2-12,18H,13H2,1H3/b12-2+. The lowest BCUT2D eigenvalue weighted by molar-refractivity contribution is 0.475. The van der Waals surface area contributed by atoms with Crippen LogP contribution in [0.4, 0.5) is 5.69 Å². The normalized spacial score (nSPS) is 10.7. The second-order valence-electron chi connectivity index (χ2n) is 4.08. The van der Waals surface area contributed by atoms with E-state index in [0.717, 1.165) is 12.2 Å². The number of para-hydroxylation sites is 2. The smallest absolute Gasteiger partial charge is 0.139 e. The zero-order valence-corrected chi connectivity index (χ0v) is 10.5. The average Bonchev–Trinajstić information content (AvgIpc) is 2.40. The van der Waals surface area contributed by atoms with Gasteiger partial charge in [0.15, 0.2) is 0 Å². The van der Waals surface area contributed by atoms with Gasteiger partial charge in [0.2, 0.25) is 0 Å². The summed E-state index contributed by atoms with van der Waals surface area (Å²) >= 11 is 0. The number of aromatic hydroxyl groups is 1. The fourth-order valence-corrected chi connectivity index (χ4v) is 1.89. The quantitative estimate of drug-likeness (QED) is 0.873. The second kappa shape index (κ2) is 5.92. The van der Waals surface area contributed by atoms with Crippen LogP contribution in [0.2, 0.25) is 0 Å². The molecule has 0 spiro atoms. The summed E-state index contributed by atoms with van der Waals surface area (Å²) in [6, 6.07) is 17.6. The SMILES string of the molecule is C/C=C/N(Cc1ccccc1)c1ccccc1O. The summed E-state index contributed by atoms with van der Waals surface area (Å²) in [5.74, 6) is 0.298. The first-order valence-corrected chi connectivity index (χ1v) is 6.02. The molecule has 0 radical (unpaired) electrons. The third kappa shape index (κ3) is 2.92. The lowest BCUT2D eigenvalue weighted by atomic mass is 10.2. The Balaban J connectivity index is 2.27. The molecular weight excluding hydrogens is 222 g/mol. The Bertz CT molecular complexity index is 520. The van der Waals surface area contributed by atoms with Crippen molar-refractivity contribution >= 4 is 5.69 Å². The molecule has 0 aliphatic heterocycles. The third-order valence-electron chi connectivity index (χ3n) is 2.72. The van der Waals surface area contributed by atoms with Gasteiger partial charge in [-0.05, 0) is 24.6 Å². The highest BCUT2D eigenvalue weighted by molar-refractivity contribution is 5.59. The monoisotopic (exact) mass is 239 g/mol. The maximum Gasteiger partial charge on any atom is 0.139 e. The van der Waals surface area contributed by atoms with E-state index in [-0.39, 0.29) is 0 Å². The topological polar surface area (TPSA) is 23.5 Å². The number of anilines is 1. The van der Waals surface area contributed by atoms with Gasteiger partial charge in [-0.1, -0.05) is 48.5 Å². The van der Waals surface area contributed by atoms with Gasteiger partial charge in [-0.3, -0.25) is 0 Å². The molecule has 92 valence electrons. The van der Waals surface area contributed by atoms with Gasteiger partial charge in [-0.15, -0.1) is 0 Å². The van der Waals surface area contributed by atoms with Crippen molar-refractivity contribution in [3.05, 3.63) is 72.4 Å². The van der Waals surface area contributed by atoms with E-state index in [2.05, 4.69) is 12.1 Å². The number of phenolic OH excluding ortho intramolecular Hbond substituents is 1. The first-order valence-electron chi connectivity index (χ1n) is 6.02. The Morgan fingerprint density at radius 1 is 1.00 bits per heavy atom. The Morgan fingerprint density at radius 2 is 1.67 bits per heavy atom. The van der Waals surface area contributed by atoms with Crippen LogP contribution in [0.15, 0.2) is 66.9 Å². The summed E-state index contributed by atoms with van der Waals surface area (Å²) in [5.41, 5.74) is 2.03. The van der Waals surface area contributed by atoms with Crippen LogP contribution in [0, 0.1) is 0 Å². The van der Waals surface area contributed by atoms with Crippen molar-refractivity contribution in [3.63, 3.8) is 0 Å². The number of hydrogen-bond donors (Lipinski definition) is 1. The zero-order valence-electron chi connectivity index (χ0n) is 10.5. The minimum atomic E-state index is 0.298. The molecule has 18 heavy (non-hydrogen) atoms. The van der Waals surface area contributed by atoms with Crippen LogP contribution < -0.4 is 4.90 Å². The number of phenols is 1. The number of hydrogen-bond acceptors (Lipinski definition) is 2. The van der Waals surface area contributed by atoms with E-state index in [9.17, 15) is 5.11 Å². The highest BCUT2D eigenvalue weighted by Gasteiger charge is 2.07. The van der Waals surface area contributed by atoms with Crippen molar-refractivity contribution in [1.29, 1.82) is 0 Å². The molecule has 1 N–H and O–H groups in total. The second-order valence-corrected chi connectivity index (χ2v) is 4.08. The summed E-state index contributed by atoms with van der Waals surface area (Å²) in [6.07, 6.45) is 3.94. The van der Waals surface area contributed by atoms with Gasteiger partial charge >= 0.3 is 0 Å². The van der Waals surface area contributed by atoms with Crippen molar-refractivity contribution in [3.8, 4) is 5.75 Å². The van der Waals surface area contributed by atoms with Gasteiger partial charge < -0.3 is 10.0 Å². The molecule has 2 nitrogen and oxygen atoms in total. The maximum atomic E-state index is 9.91. The molecule has 0 saturated heterocycles. The first-order chi connectivity index (χ1) is 8.81. The molecule has 0 fully saturated rings. The Labute approximate surface area is 108 Å². The van der Waals surface area contributed by atoms with E-state index in [4.69, 9.17) is 0 Å². The van der Waals surface area contributed by atoms with Crippen LogP contribution in [0.5, 0.6) is 5.75 Å². The van der Waals surface area contributed by atoms with Crippen LogP contribution in [0.1, 0.15) is 12.5 Å². The fraction of sp³-hybridized carbons (Fsp3) is 0.125. The van der Waals surface area contributed by atoms with Crippen LogP contribution in [0.25, 0.3) is 0 Å². The number of allylic oxidation sites excluding steroid dienone is 1. The molecular formula is C16H17NO. The first kappa shape index (κ1) is 12.2. The fourth-order valence-electron chi connectivity index (χ4n) is 1.89. The minimum absolute atomic E-state index is 0.298. The molecule has 2 heteroatoms. The molecule has 0 aliphatic rings. The Kier molecular flexibility index (Phi) is 4.02. The lowest BCUT2D eigenvalue weighted by Gasteiger charge is -2.21. The zero-order chi connectivity index (χ0) is 12.8. The van der Waals surface area contributed by atoms with E-state index in [1.54, 1.807) is 6.07 Å². The van der Waals surface area contributed by atoms with E-state index in [0.29, 0.717) is 5.75 Å². The van der Waals surface area contributed by atoms with Crippen molar-refractivity contribution < 1.29 is 5.11 Å². The molecule has 0 unspecified atom stereocenters. The molecule has 0 heterocycles. The molecule has 2 aromatic rings. The summed E-state index contributed by atoms with van der Waals surface area (Å²) in [4.78, 5) is 2.03. The molecule has 0 saturated carbocycles. The summed E-state index contributed by atoms with van der Waals surface area (Å²) in [5, 5.41) is 9.91. The molecule has 0 aromatic heterocycles. The maximum absolute atomic E-state index is 9.91.